The Morgan fingerprint density at radius 3 is 2.50 bits per heavy atom. The Bertz CT molecular complexity index is 895. The number of hydrogen-bond donors (Lipinski definition) is 1. The van der Waals surface area contributed by atoms with Gasteiger partial charge in [0.15, 0.2) is 0 Å². The van der Waals surface area contributed by atoms with Gasteiger partial charge in [-0.1, -0.05) is 36.4 Å². The van der Waals surface area contributed by atoms with Crippen LogP contribution in [0.15, 0.2) is 54.6 Å². The predicted molar refractivity (Wildman–Crippen MR) is 111 cm³/mol. The van der Waals surface area contributed by atoms with Crippen molar-refractivity contribution in [1.82, 2.24) is 10.2 Å². The van der Waals surface area contributed by atoms with Gasteiger partial charge in [-0.3, -0.25) is 19.7 Å². The molecule has 0 aliphatic carbocycles. The van der Waals surface area contributed by atoms with Gasteiger partial charge in [0.05, 0.1) is 12.0 Å². The highest BCUT2D eigenvalue weighted by Gasteiger charge is 2.28. The second kappa shape index (κ2) is 9.98. The van der Waals surface area contributed by atoms with Crippen LogP contribution in [0.3, 0.4) is 0 Å². The number of piperidine rings is 1. The molecule has 1 atom stereocenters. The Morgan fingerprint density at radius 1 is 1.17 bits per heavy atom. The zero-order valence-corrected chi connectivity index (χ0v) is 16.8. The minimum atomic E-state index is -0.507. The number of methoxy groups -OCH3 is 1. The van der Waals surface area contributed by atoms with E-state index in [0.717, 1.165) is 5.56 Å². The third-order valence-corrected chi connectivity index (χ3v) is 5.29. The molecule has 0 spiro atoms. The fourth-order valence-electron chi connectivity index (χ4n) is 3.67. The number of carbonyl (C=O) groups excluding carboxylic acids is 2. The number of nitro groups is 1. The molecule has 30 heavy (non-hydrogen) atoms. The van der Waals surface area contributed by atoms with Crippen molar-refractivity contribution in [3.63, 3.8) is 0 Å². The predicted octanol–water partition coefficient (Wildman–Crippen LogP) is 2.57. The zero-order valence-electron chi connectivity index (χ0n) is 16.8. The molecule has 0 aromatic heterocycles. The Kier molecular flexibility index (Phi) is 7.13. The molecule has 1 unspecified atom stereocenters. The fraction of sp³-hybridized carbons (Fsp3) is 0.364. The van der Waals surface area contributed by atoms with Gasteiger partial charge in [-0.25, -0.2) is 0 Å². The molecule has 8 nitrogen and oxygen atoms in total. The van der Waals surface area contributed by atoms with Gasteiger partial charge in [0.1, 0.15) is 6.04 Å². The van der Waals surface area contributed by atoms with Crippen LogP contribution in [0.5, 0.6) is 0 Å². The molecule has 1 amide bonds. The number of nitrogens with one attached hydrogen (secondary N) is 1. The smallest absolute Gasteiger partial charge is 0.323 e. The van der Waals surface area contributed by atoms with Gasteiger partial charge in [-0.05, 0) is 30.9 Å². The van der Waals surface area contributed by atoms with E-state index in [1.807, 2.05) is 30.3 Å². The van der Waals surface area contributed by atoms with Crippen molar-refractivity contribution in [3.8, 4) is 0 Å². The lowest BCUT2D eigenvalue weighted by molar-refractivity contribution is -0.384. The summed E-state index contributed by atoms with van der Waals surface area (Å²) >= 11 is 0. The van der Waals surface area contributed by atoms with Crippen molar-refractivity contribution in [2.24, 2.45) is 0 Å². The molecule has 1 aliphatic rings. The summed E-state index contributed by atoms with van der Waals surface area (Å²) in [7, 11) is 1.38. The summed E-state index contributed by atoms with van der Waals surface area (Å²) in [6, 6.07) is 15.1. The molecular formula is C22H25N3O5. The van der Waals surface area contributed by atoms with Crippen LogP contribution in [0.25, 0.3) is 0 Å². The quantitative estimate of drug-likeness (QED) is 0.427. The van der Waals surface area contributed by atoms with E-state index >= 15 is 0 Å². The van der Waals surface area contributed by atoms with Gasteiger partial charge in [0.2, 0.25) is 0 Å². The number of ether oxygens (including phenoxy) is 1. The largest absolute Gasteiger partial charge is 0.468 e. The van der Waals surface area contributed by atoms with Crippen LogP contribution in [-0.4, -0.2) is 54.0 Å². The number of likely N-dealkylation sites (tertiary alicyclic amines) is 1. The molecule has 8 heteroatoms. The second-order valence-electron chi connectivity index (χ2n) is 7.31. The number of carbonyl (C=O) groups is 2. The van der Waals surface area contributed by atoms with Crippen LogP contribution in [0.1, 0.15) is 28.8 Å². The van der Waals surface area contributed by atoms with Crippen LogP contribution in [-0.2, 0) is 16.0 Å². The summed E-state index contributed by atoms with van der Waals surface area (Å²) in [5.74, 6) is -0.528. The monoisotopic (exact) mass is 411 g/mol. The maximum atomic E-state index is 12.7. The lowest BCUT2D eigenvalue weighted by Gasteiger charge is -2.34. The molecule has 158 valence electrons. The molecular weight excluding hydrogens is 386 g/mol. The molecule has 1 heterocycles. The number of hydrogen-bond acceptors (Lipinski definition) is 6. The molecule has 0 bridgehead atoms. The lowest BCUT2D eigenvalue weighted by atomic mass is 10.00. The Hall–Kier alpha value is -3.26. The number of benzene rings is 2. The van der Waals surface area contributed by atoms with Gasteiger partial charge in [0, 0.05) is 36.8 Å². The molecule has 1 N–H and O–H groups in total. The molecule has 2 aromatic rings. The van der Waals surface area contributed by atoms with Crippen molar-refractivity contribution in [2.45, 2.75) is 31.3 Å². The van der Waals surface area contributed by atoms with Gasteiger partial charge >= 0.3 is 5.97 Å². The summed E-state index contributed by atoms with van der Waals surface area (Å²) in [6.45, 7) is 1.02. The summed E-state index contributed by atoms with van der Waals surface area (Å²) in [5.41, 5.74) is 1.25. The van der Waals surface area contributed by atoms with Crippen LogP contribution in [0.4, 0.5) is 5.69 Å². The van der Waals surface area contributed by atoms with E-state index in [0.29, 0.717) is 37.9 Å². The maximum absolute atomic E-state index is 12.7. The van der Waals surface area contributed by atoms with Crippen molar-refractivity contribution < 1.29 is 19.2 Å². The number of non-ortho nitro benzene ring substituents is 1. The van der Waals surface area contributed by atoms with Gasteiger partial charge in [0.25, 0.3) is 11.6 Å². The zero-order chi connectivity index (χ0) is 21.5. The van der Waals surface area contributed by atoms with Crippen LogP contribution >= 0.6 is 0 Å². The highest BCUT2D eigenvalue weighted by atomic mass is 16.6. The minimum Gasteiger partial charge on any atom is -0.468 e. The molecule has 0 radical (unpaired) electrons. The first-order chi connectivity index (χ1) is 14.5. The maximum Gasteiger partial charge on any atom is 0.323 e. The van der Waals surface area contributed by atoms with Gasteiger partial charge < -0.3 is 15.0 Å². The molecule has 3 rings (SSSR count). The molecule has 1 aliphatic heterocycles. The van der Waals surface area contributed by atoms with Crippen molar-refractivity contribution in [1.29, 1.82) is 0 Å². The molecule has 1 fully saturated rings. The van der Waals surface area contributed by atoms with E-state index in [1.54, 1.807) is 11.0 Å². The third kappa shape index (κ3) is 5.42. The number of nitrogens with zero attached hydrogens (tertiary/aromatic N) is 2. The average molecular weight is 411 g/mol. The SMILES string of the molecule is COC(=O)C(Cc1ccccc1)NC1CCN(C(=O)c2cccc([N+](=O)[O-])c2)CC1. The third-order valence-electron chi connectivity index (χ3n) is 5.29. The first-order valence-corrected chi connectivity index (χ1v) is 9.89. The standard InChI is InChI=1S/C22H25N3O5/c1-30-22(27)20(14-16-6-3-2-4-7-16)23-18-10-12-24(13-11-18)21(26)17-8-5-9-19(15-17)25(28)29/h2-9,15,18,20,23H,10-14H2,1H3. The van der Waals surface area contributed by atoms with Crippen molar-refractivity contribution in [2.75, 3.05) is 20.2 Å². The van der Waals surface area contributed by atoms with Crippen molar-refractivity contribution in [3.05, 3.63) is 75.8 Å². The first kappa shape index (κ1) is 21.4. The van der Waals surface area contributed by atoms with E-state index in [-0.39, 0.29) is 23.6 Å². The Labute approximate surface area is 175 Å². The number of rotatable bonds is 7. The van der Waals surface area contributed by atoms with Gasteiger partial charge in [-0.2, -0.15) is 0 Å². The summed E-state index contributed by atoms with van der Waals surface area (Å²) in [4.78, 5) is 37.1. The van der Waals surface area contributed by atoms with E-state index in [4.69, 9.17) is 4.74 Å². The highest BCUT2D eigenvalue weighted by molar-refractivity contribution is 5.94. The lowest BCUT2D eigenvalue weighted by Crippen LogP contribution is -2.50. The van der Waals surface area contributed by atoms with E-state index in [1.165, 1.54) is 25.3 Å². The number of amides is 1. The van der Waals surface area contributed by atoms with Crippen LogP contribution < -0.4 is 5.32 Å². The number of nitro benzene ring substituents is 1. The van der Waals surface area contributed by atoms with Gasteiger partial charge in [-0.15, -0.1) is 0 Å². The molecule has 1 saturated heterocycles. The molecule has 2 aromatic carbocycles. The minimum absolute atomic E-state index is 0.0759. The van der Waals surface area contributed by atoms with Crippen LogP contribution in [0.2, 0.25) is 0 Å². The average Bonchev–Trinajstić information content (AvgIpc) is 2.79. The second-order valence-corrected chi connectivity index (χ2v) is 7.31. The molecule has 0 saturated carbocycles. The summed E-state index contributed by atoms with van der Waals surface area (Å²) < 4.78 is 4.95. The van der Waals surface area contributed by atoms with Crippen molar-refractivity contribution >= 4 is 17.6 Å². The normalized spacial score (nSPS) is 15.4. The first-order valence-electron chi connectivity index (χ1n) is 9.89. The van der Waals surface area contributed by atoms with Crippen LogP contribution in [0, 0.1) is 10.1 Å². The van der Waals surface area contributed by atoms with E-state index < -0.39 is 11.0 Å². The Balaban J connectivity index is 1.58. The fourth-order valence-corrected chi connectivity index (χ4v) is 3.67. The van der Waals surface area contributed by atoms with E-state index in [9.17, 15) is 19.7 Å². The summed E-state index contributed by atoms with van der Waals surface area (Å²) in [6.07, 6.45) is 1.90. The number of esters is 1. The highest BCUT2D eigenvalue weighted by Crippen LogP contribution is 2.19. The summed E-state index contributed by atoms with van der Waals surface area (Å²) in [5, 5.41) is 14.3. The topological polar surface area (TPSA) is 102 Å². The Morgan fingerprint density at radius 2 is 1.87 bits per heavy atom. The van der Waals surface area contributed by atoms with E-state index in [2.05, 4.69) is 5.32 Å².